The minimum Gasteiger partial charge on any atom is -0.493 e. The Morgan fingerprint density at radius 1 is 1.30 bits per heavy atom. The highest BCUT2D eigenvalue weighted by atomic mass is 19.1. The molecule has 0 amide bonds. The van der Waals surface area contributed by atoms with Crippen molar-refractivity contribution in [3.8, 4) is 11.5 Å². The summed E-state index contributed by atoms with van der Waals surface area (Å²) in [5, 5.41) is 10.1. The predicted molar refractivity (Wildman–Crippen MR) is 86.8 cm³/mol. The second-order valence-electron chi connectivity index (χ2n) is 4.93. The number of methoxy groups -OCH3 is 2. The molecule has 0 spiro atoms. The largest absolute Gasteiger partial charge is 0.493 e. The molecule has 1 aromatic carbocycles. The van der Waals surface area contributed by atoms with Gasteiger partial charge < -0.3 is 24.4 Å². The summed E-state index contributed by atoms with van der Waals surface area (Å²) in [6.07, 6.45) is 1.26. The van der Waals surface area contributed by atoms with Crippen molar-refractivity contribution < 1.29 is 19.0 Å². The number of amidine groups is 1. The number of rotatable bonds is 4. The fourth-order valence-corrected chi connectivity index (χ4v) is 1.94. The number of aliphatic hydroxyl groups is 1. The van der Waals surface area contributed by atoms with Gasteiger partial charge in [-0.05, 0) is 12.1 Å². The van der Waals surface area contributed by atoms with Gasteiger partial charge in [-0.25, -0.2) is 14.4 Å². The molecule has 1 unspecified atom stereocenters. The fraction of sp³-hybridized carbons (Fsp3) is 0.333. The van der Waals surface area contributed by atoms with Crippen LogP contribution in [0, 0.1) is 0 Å². The van der Waals surface area contributed by atoms with Gasteiger partial charge in [0.2, 0.25) is 6.35 Å². The lowest BCUT2D eigenvalue weighted by Gasteiger charge is -2.27. The van der Waals surface area contributed by atoms with E-state index in [1.54, 1.807) is 37.2 Å². The quantitative estimate of drug-likeness (QED) is 0.673. The summed E-state index contributed by atoms with van der Waals surface area (Å²) in [5.74, 6) is 0.185. The van der Waals surface area contributed by atoms with Crippen LogP contribution in [0.3, 0.4) is 0 Å². The maximum absolute atomic E-state index is 14.1. The Morgan fingerprint density at radius 2 is 2.00 bits per heavy atom. The van der Waals surface area contributed by atoms with Crippen LogP contribution >= 0.6 is 0 Å². The van der Waals surface area contributed by atoms with Gasteiger partial charge in [0, 0.05) is 32.0 Å². The number of hydrogen-bond acceptors (Lipinski definition) is 6. The summed E-state index contributed by atoms with van der Waals surface area (Å²) >= 11 is 0. The fourth-order valence-electron chi connectivity index (χ4n) is 1.94. The smallest absolute Gasteiger partial charge is 0.231 e. The number of halogens is 1. The lowest BCUT2D eigenvalue weighted by Crippen LogP contribution is -2.33. The molecule has 1 aliphatic heterocycles. The first-order chi connectivity index (χ1) is 11.0. The van der Waals surface area contributed by atoms with E-state index >= 15 is 0 Å². The first-order valence-electron chi connectivity index (χ1n) is 6.80. The maximum atomic E-state index is 14.1. The van der Waals surface area contributed by atoms with Gasteiger partial charge in [-0.15, -0.1) is 0 Å². The van der Waals surface area contributed by atoms with E-state index < -0.39 is 12.2 Å². The third kappa shape index (κ3) is 3.78. The highest BCUT2D eigenvalue weighted by molar-refractivity contribution is 6.01. The Balaban J connectivity index is 2.29. The Bertz CT molecular complexity index is 658. The number of hydrogen-bond donors (Lipinski definition) is 1. The van der Waals surface area contributed by atoms with Gasteiger partial charge in [-0.2, -0.15) is 0 Å². The third-order valence-corrected chi connectivity index (χ3v) is 3.03. The topological polar surface area (TPSA) is 69.9 Å². The summed E-state index contributed by atoms with van der Waals surface area (Å²) in [4.78, 5) is 10.6. The molecule has 1 N–H and O–H groups in total. The molecule has 0 aliphatic carbocycles. The molecule has 0 saturated heterocycles. The second-order valence-corrected chi connectivity index (χ2v) is 4.93. The van der Waals surface area contributed by atoms with E-state index in [1.807, 2.05) is 0 Å². The maximum Gasteiger partial charge on any atom is 0.231 e. The van der Waals surface area contributed by atoms with E-state index in [4.69, 9.17) is 9.47 Å². The van der Waals surface area contributed by atoms with Crippen LogP contribution in [-0.2, 0) is 0 Å². The van der Waals surface area contributed by atoms with Crippen molar-refractivity contribution in [3.63, 3.8) is 0 Å². The Morgan fingerprint density at radius 3 is 2.61 bits per heavy atom. The van der Waals surface area contributed by atoms with Crippen LogP contribution in [0.25, 0.3) is 0 Å². The van der Waals surface area contributed by atoms with E-state index in [9.17, 15) is 9.50 Å². The molecule has 0 radical (unpaired) electrons. The average molecular weight is 322 g/mol. The molecule has 23 heavy (non-hydrogen) atoms. The number of ether oxygens (including phenoxy) is 2. The van der Waals surface area contributed by atoms with Crippen LogP contribution in [0.4, 0.5) is 10.1 Å². The summed E-state index contributed by atoms with van der Waals surface area (Å²) < 4.78 is 24.5. The summed E-state index contributed by atoms with van der Waals surface area (Å²) in [6, 6.07) is 4.95. The molecule has 7 nitrogen and oxygen atoms in total. The first-order valence-corrected chi connectivity index (χ1v) is 6.80. The van der Waals surface area contributed by atoms with E-state index in [0.29, 0.717) is 17.2 Å². The number of aliphatic imine (C=N–C) groups is 2. The zero-order valence-corrected chi connectivity index (χ0v) is 13.4. The van der Waals surface area contributed by atoms with Crippen molar-refractivity contribution in [1.82, 2.24) is 4.90 Å². The standard InChI is InChI=1S/C15H19FN4O3/c1-19(2)9-17-14-11(16)8-20(15(21)18-14)10-5-6-12(22-3)13(7-10)23-4/h5-9,15,21H,1-4H3/b17-9+. The lowest BCUT2D eigenvalue weighted by molar-refractivity contribution is 0.186. The normalized spacial score (nSPS) is 17.8. The zero-order chi connectivity index (χ0) is 17.0. The van der Waals surface area contributed by atoms with Crippen molar-refractivity contribution >= 4 is 17.9 Å². The predicted octanol–water partition coefficient (Wildman–Crippen LogP) is 1.60. The molecule has 1 atom stereocenters. The van der Waals surface area contributed by atoms with Gasteiger partial charge >= 0.3 is 0 Å². The molecular formula is C15H19FN4O3. The molecule has 1 aromatic rings. The molecule has 2 rings (SSSR count). The number of nitrogens with zero attached hydrogens (tertiary/aromatic N) is 4. The second kappa shape index (κ2) is 7.10. The summed E-state index contributed by atoms with van der Waals surface area (Å²) in [6.45, 7) is 0. The van der Waals surface area contributed by atoms with Gasteiger partial charge in [-0.1, -0.05) is 0 Å². The zero-order valence-electron chi connectivity index (χ0n) is 13.4. The van der Waals surface area contributed by atoms with Crippen molar-refractivity contribution in [1.29, 1.82) is 0 Å². The highest BCUT2D eigenvalue weighted by Crippen LogP contribution is 2.33. The van der Waals surface area contributed by atoms with E-state index in [0.717, 1.165) is 6.20 Å². The van der Waals surface area contributed by atoms with Crippen molar-refractivity contribution in [2.45, 2.75) is 6.35 Å². The van der Waals surface area contributed by atoms with Gasteiger partial charge in [0.15, 0.2) is 23.2 Å². The van der Waals surface area contributed by atoms with Crippen LogP contribution in [0.1, 0.15) is 0 Å². The molecular weight excluding hydrogens is 303 g/mol. The van der Waals surface area contributed by atoms with Crippen LogP contribution in [0.5, 0.6) is 11.5 Å². The van der Waals surface area contributed by atoms with Gasteiger partial charge in [0.1, 0.15) is 0 Å². The lowest BCUT2D eigenvalue weighted by atomic mass is 10.2. The van der Waals surface area contributed by atoms with Crippen LogP contribution < -0.4 is 14.4 Å². The van der Waals surface area contributed by atoms with Crippen molar-refractivity contribution in [2.24, 2.45) is 9.98 Å². The van der Waals surface area contributed by atoms with Gasteiger partial charge in [0.25, 0.3) is 0 Å². The highest BCUT2D eigenvalue weighted by Gasteiger charge is 2.23. The van der Waals surface area contributed by atoms with Crippen LogP contribution in [-0.4, -0.2) is 56.8 Å². The molecule has 8 heteroatoms. The van der Waals surface area contributed by atoms with E-state index in [1.165, 1.54) is 25.5 Å². The number of benzene rings is 1. The SMILES string of the molecule is COc1ccc(N2C=C(F)C(/N=C/N(C)C)=NC2O)cc1OC. The average Bonchev–Trinajstić information content (AvgIpc) is 2.54. The van der Waals surface area contributed by atoms with Crippen LogP contribution in [0.15, 0.2) is 40.2 Å². The minimum atomic E-state index is -1.29. The molecule has 0 fully saturated rings. The van der Waals surface area contributed by atoms with Gasteiger partial charge in [-0.3, -0.25) is 0 Å². The summed E-state index contributed by atoms with van der Waals surface area (Å²) in [5.41, 5.74) is 0.504. The molecule has 0 bridgehead atoms. The first kappa shape index (κ1) is 16.8. The third-order valence-electron chi connectivity index (χ3n) is 3.03. The summed E-state index contributed by atoms with van der Waals surface area (Å²) in [7, 11) is 6.52. The monoisotopic (exact) mass is 322 g/mol. The molecule has 0 aromatic heterocycles. The Kier molecular flexibility index (Phi) is 5.17. The number of anilines is 1. The van der Waals surface area contributed by atoms with Crippen molar-refractivity contribution in [3.05, 3.63) is 30.2 Å². The Hall–Kier alpha value is -2.61. The molecule has 124 valence electrons. The minimum absolute atomic E-state index is 0.164. The molecule has 1 heterocycles. The Labute approximate surface area is 134 Å². The molecule has 1 aliphatic rings. The molecule has 0 saturated carbocycles. The van der Waals surface area contributed by atoms with Crippen LogP contribution in [0.2, 0.25) is 0 Å². The van der Waals surface area contributed by atoms with Gasteiger partial charge in [0.05, 0.1) is 20.6 Å². The van der Waals surface area contributed by atoms with E-state index in [2.05, 4.69) is 9.98 Å². The van der Waals surface area contributed by atoms with Crippen molar-refractivity contribution in [2.75, 3.05) is 33.2 Å². The van der Waals surface area contributed by atoms with E-state index in [-0.39, 0.29) is 5.84 Å². The number of aliphatic hydroxyl groups excluding tert-OH is 1.